The Balaban J connectivity index is 1.19. The third-order valence-electron chi connectivity index (χ3n) is 13.2. The van der Waals surface area contributed by atoms with E-state index in [2.05, 4.69) is 234 Å². The number of benzene rings is 10. The summed E-state index contributed by atoms with van der Waals surface area (Å²) >= 11 is 0. The second-order valence-electron chi connectivity index (χ2n) is 16.6. The van der Waals surface area contributed by atoms with Crippen LogP contribution in [0.2, 0.25) is 0 Å². The van der Waals surface area contributed by atoms with Crippen molar-refractivity contribution >= 4 is 34.1 Å². The van der Waals surface area contributed by atoms with Crippen LogP contribution in [-0.4, -0.2) is 0 Å². The van der Waals surface area contributed by atoms with E-state index >= 15 is 0 Å². The lowest BCUT2D eigenvalue weighted by atomic mass is 9.78. The molecule has 3 heteroatoms. The average molecular weight is 802 g/mol. The molecule has 10 aromatic carbocycles. The first kappa shape index (κ1) is 35.4. The molecule has 0 amide bonds. The molecule has 0 aromatic heterocycles. The molecule has 0 saturated carbocycles. The van der Waals surface area contributed by atoms with E-state index in [1.165, 1.54) is 100 Å². The van der Waals surface area contributed by atoms with Crippen LogP contribution >= 0.6 is 0 Å². The SMILES string of the molecule is c1ccc2c(c1)Nc1ccccc1-c1c-2cccc1-c1cccc(-c2cccc3c2-c2ccccc2Nc2ccccc2-3)c1-c1cccc2c1-c1ccccc1Nc1ccccc1-2. The first-order valence-corrected chi connectivity index (χ1v) is 21.7. The van der Waals surface area contributed by atoms with E-state index < -0.39 is 0 Å². The van der Waals surface area contributed by atoms with Gasteiger partial charge in [0.2, 0.25) is 0 Å². The predicted octanol–water partition coefficient (Wildman–Crippen LogP) is 16.9. The molecule has 3 aliphatic heterocycles. The molecule has 3 N–H and O–H groups in total. The monoisotopic (exact) mass is 801 g/mol. The van der Waals surface area contributed by atoms with Gasteiger partial charge >= 0.3 is 0 Å². The number of nitrogens with one attached hydrogen (secondary N) is 3. The fourth-order valence-corrected chi connectivity index (χ4v) is 10.5. The Labute approximate surface area is 367 Å². The first-order valence-electron chi connectivity index (χ1n) is 21.7. The molecule has 0 unspecified atom stereocenters. The third-order valence-corrected chi connectivity index (χ3v) is 13.2. The summed E-state index contributed by atoms with van der Waals surface area (Å²) in [5.74, 6) is 0. The number of hydrogen-bond donors (Lipinski definition) is 3. The minimum atomic E-state index is 1.09. The third kappa shape index (κ3) is 5.46. The molecular formula is C60H39N3. The largest absolute Gasteiger partial charge is 0.355 e. The summed E-state index contributed by atoms with van der Waals surface area (Å²) in [5.41, 5.74) is 28.0. The fraction of sp³-hybridized carbons (Fsp3) is 0. The van der Waals surface area contributed by atoms with Gasteiger partial charge in [0.25, 0.3) is 0 Å². The number of rotatable bonds is 3. The molecule has 13 rings (SSSR count). The van der Waals surface area contributed by atoms with Gasteiger partial charge in [0.15, 0.2) is 0 Å². The Morgan fingerprint density at radius 2 is 0.317 bits per heavy atom. The molecule has 0 radical (unpaired) electrons. The Bertz CT molecular complexity index is 3350. The van der Waals surface area contributed by atoms with E-state index in [1.54, 1.807) is 0 Å². The van der Waals surface area contributed by atoms with Gasteiger partial charge < -0.3 is 16.0 Å². The van der Waals surface area contributed by atoms with Crippen LogP contribution in [0.25, 0.3) is 100 Å². The van der Waals surface area contributed by atoms with Crippen molar-refractivity contribution in [3.05, 3.63) is 218 Å². The molecule has 294 valence electrons. The zero-order valence-electron chi connectivity index (χ0n) is 34.3. The lowest BCUT2D eigenvalue weighted by Crippen LogP contribution is -1.98. The number of fused-ring (bicyclic) bond motifs is 15. The van der Waals surface area contributed by atoms with Gasteiger partial charge in [0.1, 0.15) is 0 Å². The summed E-state index contributed by atoms with van der Waals surface area (Å²) in [6.07, 6.45) is 0. The van der Waals surface area contributed by atoms with Crippen molar-refractivity contribution in [2.45, 2.75) is 0 Å². The van der Waals surface area contributed by atoms with Gasteiger partial charge in [-0.25, -0.2) is 0 Å². The maximum Gasteiger partial charge on any atom is 0.0464 e. The van der Waals surface area contributed by atoms with Gasteiger partial charge in [-0.2, -0.15) is 0 Å². The van der Waals surface area contributed by atoms with Gasteiger partial charge in [-0.1, -0.05) is 182 Å². The zero-order chi connectivity index (χ0) is 41.4. The highest BCUT2D eigenvalue weighted by atomic mass is 14.9. The number of hydrogen-bond acceptors (Lipinski definition) is 3. The molecule has 3 aliphatic rings. The van der Waals surface area contributed by atoms with Crippen molar-refractivity contribution in [1.29, 1.82) is 0 Å². The Hall–Kier alpha value is -8.40. The molecule has 10 aromatic rings. The van der Waals surface area contributed by atoms with Gasteiger partial charge in [-0.3, -0.25) is 0 Å². The van der Waals surface area contributed by atoms with E-state index in [4.69, 9.17) is 0 Å². The van der Waals surface area contributed by atoms with Crippen molar-refractivity contribution < 1.29 is 0 Å². The molecule has 0 saturated heterocycles. The van der Waals surface area contributed by atoms with Crippen molar-refractivity contribution in [1.82, 2.24) is 0 Å². The van der Waals surface area contributed by atoms with Crippen LogP contribution in [0.3, 0.4) is 0 Å². The Kier molecular flexibility index (Phi) is 7.91. The van der Waals surface area contributed by atoms with Crippen molar-refractivity contribution in [3.63, 3.8) is 0 Å². The Morgan fingerprint density at radius 1 is 0.143 bits per heavy atom. The molecule has 63 heavy (non-hydrogen) atoms. The van der Waals surface area contributed by atoms with Crippen LogP contribution in [-0.2, 0) is 0 Å². The Morgan fingerprint density at radius 3 is 0.619 bits per heavy atom. The minimum absolute atomic E-state index is 1.09. The van der Waals surface area contributed by atoms with E-state index in [9.17, 15) is 0 Å². The van der Waals surface area contributed by atoms with Crippen LogP contribution in [0.1, 0.15) is 0 Å². The van der Waals surface area contributed by atoms with Crippen LogP contribution in [0.4, 0.5) is 34.1 Å². The second-order valence-corrected chi connectivity index (χ2v) is 16.6. The smallest absolute Gasteiger partial charge is 0.0464 e. The standard InChI is InChI=1S/C60H39N3/c1-7-31-51-37(17-1)40-23-13-26-43(57(40)47-20-4-10-34-54(47)61-51)45-28-15-29-46(44-27-14-24-41-38-18-2-8-32-52(38)62-55-35-11-5-21-48(55)58(41)44)59(45)50-30-16-25-42-39-19-3-9-33-53(39)63-56-36-12-6-22-49(56)60(42)50/h1-36,61-63H. The summed E-state index contributed by atoms with van der Waals surface area (Å²) in [6, 6.07) is 80.0. The van der Waals surface area contributed by atoms with Crippen molar-refractivity contribution in [2.24, 2.45) is 0 Å². The molecule has 0 fully saturated rings. The molecular weight excluding hydrogens is 763 g/mol. The highest BCUT2D eigenvalue weighted by Gasteiger charge is 2.30. The van der Waals surface area contributed by atoms with Crippen LogP contribution in [0.5, 0.6) is 0 Å². The minimum Gasteiger partial charge on any atom is -0.355 e. The lowest BCUT2D eigenvalue weighted by Gasteiger charge is -2.25. The van der Waals surface area contributed by atoms with Crippen molar-refractivity contribution in [3.8, 4) is 100 Å². The first-order chi connectivity index (χ1) is 31.3. The second kappa shape index (κ2) is 14.1. The summed E-state index contributed by atoms with van der Waals surface area (Å²) in [5, 5.41) is 11.5. The summed E-state index contributed by atoms with van der Waals surface area (Å²) in [6.45, 7) is 0. The summed E-state index contributed by atoms with van der Waals surface area (Å²) < 4.78 is 0. The molecule has 0 spiro atoms. The van der Waals surface area contributed by atoms with E-state index in [0.29, 0.717) is 0 Å². The predicted molar refractivity (Wildman–Crippen MR) is 265 cm³/mol. The van der Waals surface area contributed by atoms with Crippen molar-refractivity contribution in [2.75, 3.05) is 16.0 Å². The number of anilines is 6. The van der Waals surface area contributed by atoms with Crippen LogP contribution in [0.15, 0.2) is 218 Å². The lowest BCUT2D eigenvalue weighted by molar-refractivity contribution is 1.53. The zero-order valence-corrected chi connectivity index (χ0v) is 34.3. The van der Waals surface area contributed by atoms with Gasteiger partial charge in [-0.15, -0.1) is 0 Å². The summed E-state index contributed by atoms with van der Waals surface area (Å²) in [7, 11) is 0. The summed E-state index contributed by atoms with van der Waals surface area (Å²) in [4.78, 5) is 0. The highest BCUT2D eigenvalue weighted by Crippen LogP contribution is 2.56. The maximum atomic E-state index is 3.84. The molecule has 3 heterocycles. The highest BCUT2D eigenvalue weighted by molar-refractivity contribution is 6.14. The van der Waals surface area contributed by atoms with E-state index in [1.807, 2.05) is 0 Å². The molecule has 0 atom stereocenters. The normalized spacial score (nSPS) is 12.2. The molecule has 0 bridgehead atoms. The van der Waals surface area contributed by atoms with Gasteiger partial charge in [0.05, 0.1) is 0 Å². The number of para-hydroxylation sites is 6. The van der Waals surface area contributed by atoms with Crippen LogP contribution < -0.4 is 16.0 Å². The fourth-order valence-electron chi connectivity index (χ4n) is 10.5. The molecule has 0 aliphatic carbocycles. The maximum absolute atomic E-state index is 3.84. The average Bonchev–Trinajstić information content (AvgIpc) is 3.66. The van der Waals surface area contributed by atoms with Gasteiger partial charge in [-0.05, 0) is 103 Å². The van der Waals surface area contributed by atoms with Crippen LogP contribution in [0, 0.1) is 0 Å². The van der Waals surface area contributed by atoms with E-state index in [-0.39, 0.29) is 0 Å². The molecule has 3 nitrogen and oxygen atoms in total. The topological polar surface area (TPSA) is 36.1 Å². The van der Waals surface area contributed by atoms with Gasteiger partial charge in [0, 0.05) is 67.5 Å². The van der Waals surface area contributed by atoms with E-state index in [0.717, 1.165) is 34.1 Å². The quantitative estimate of drug-likeness (QED) is 0.167.